The molecule has 3 heterocycles. The summed E-state index contributed by atoms with van der Waals surface area (Å²) in [7, 11) is 0. The lowest BCUT2D eigenvalue weighted by molar-refractivity contribution is 0.101. The lowest BCUT2D eigenvalue weighted by Crippen LogP contribution is -2.34. The second-order valence-corrected chi connectivity index (χ2v) is 6.76. The molecule has 140 valence electrons. The maximum atomic E-state index is 13.4. The van der Waals surface area contributed by atoms with Crippen molar-refractivity contribution in [1.82, 2.24) is 19.3 Å². The summed E-state index contributed by atoms with van der Waals surface area (Å²) in [4.78, 5) is 29.2. The summed E-state index contributed by atoms with van der Waals surface area (Å²) in [6, 6.07) is 4.48. The smallest absolute Gasteiger partial charge is 0.267 e. The van der Waals surface area contributed by atoms with E-state index in [1.54, 1.807) is 19.9 Å². The lowest BCUT2D eigenvalue weighted by Gasteiger charge is -2.12. The summed E-state index contributed by atoms with van der Waals surface area (Å²) in [5.41, 5.74) is 3.76. The number of aryl methyl sites for hydroxylation is 2. The third kappa shape index (κ3) is 3.09. The van der Waals surface area contributed by atoms with Gasteiger partial charge in [0.05, 0.1) is 6.20 Å². The van der Waals surface area contributed by atoms with Gasteiger partial charge in [0.15, 0.2) is 5.65 Å². The third-order valence-corrected chi connectivity index (χ3v) is 4.56. The first kappa shape index (κ1) is 17.3. The van der Waals surface area contributed by atoms with Gasteiger partial charge in [0.25, 0.3) is 17.9 Å². The van der Waals surface area contributed by atoms with Crippen molar-refractivity contribution in [2.45, 2.75) is 39.0 Å². The van der Waals surface area contributed by atoms with Crippen LogP contribution in [0, 0.1) is 13.8 Å². The van der Waals surface area contributed by atoms with Crippen molar-refractivity contribution in [2.24, 2.45) is 0 Å². The number of aromatic nitrogens is 4. The van der Waals surface area contributed by atoms with Gasteiger partial charge in [-0.15, -0.1) is 0 Å². The topological polar surface area (TPSA) is 81.3 Å². The van der Waals surface area contributed by atoms with Crippen LogP contribution in [0.2, 0.25) is 0 Å². The van der Waals surface area contributed by atoms with Gasteiger partial charge in [0, 0.05) is 23.4 Å². The van der Waals surface area contributed by atoms with Crippen LogP contribution in [0.1, 0.15) is 58.2 Å². The molecule has 3 aromatic heterocycles. The Morgan fingerprint density at radius 1 is 1.26 bits per heavy atom. The summed E-state index contributed by atoms with van der Waals surface area (Å²) >= 11 is 0. The van der Waals surface area contributed by atoms with Crippen molar-refractivity contribution in [3.05, 3.63) is 63.0 Å². The number of pyridine rings is 1. The molecule has 1 amide bonds. The Hall–Kier alpha value is -3.10. The summed E-state index contributed by atoms with van der Waals surface area (Å²) in [5, 5.41) is 3.91. The maximum Gasteiger partial charge on any atom is 0.280 e. The molecule has 7 nitrogen and oxygen atoms in total. The number of carbonyl (C=O) groups excluding carboxylic acids is 1. The van der Waals surface area contributed by atoms with Gasteiger partial charge in [-0.2, -0.15) is 5.10 Å². The highest BCUT2D eigenvalue weighted by Crippen LogP contribution is 2.40. The summed E-state index contributed by atoms with van der Waals surface area (Å²) < 4.78 is 28.9. The van der Waals surface area contributed by atoms with Crippen LogP contribution in [-0.4, -0.2) is 25.2 Å². The van der Waals surface area contributed by atoms with E-state index >= 15 is 0 Å². The summed E-state index contributed by atoms with van der Waals surface area (Å²) in [6.45, 7) is 3.46. The number of nitrogens with zero attached hydrogens (tertiary/aromatic N) is 4. The van der Waals surface area contributed by atoms with Gasteiger partial charge in [-0.3, -0.25) is 15.0 Å². The maximum absolute atomic E-state index is 13.4. The highest BCUT2D eigenvalue weighted by Gasteiger charge is 2.29. The van der Waals surface area contributed by atoms with Crippen LogP contribution in [0.25, 0.3) is 5.65 Å². The van der Waals surface area contributed by atoms with Crippen molar-refractivity contribution >= 4 is 11.6 Å². The van der Waals surface area contributed by atoms with Crippen LogP contribution in [0.5, 0.6) is 0 Å². The minimum Gasteiger partial charge on any atom is -0.267 e. The molecule has 0 saturated heterocycles. The predicted molar refractivity (Wildman–Crippen MR) is 93.8 cm³/mol. The zero-order valence-electron chi connectivity index (χ0n) is 14.7. The van der Waals surface area contributed by atoms with E-state index in [0.29, 0.717) is 11.4 Å². The molecule has 3 aromatic rings. The van der Waals surface area contributed by atoms with Gasteiger partial charge >= 0.3 is 0 Å². The number of hydrogen-bond donors (Lipinski definition) is 1. The molecule has 1 N–H and O–H groups in total. The van der Waals surface area contributed by atoms with Crippen molar-refractivity contribution in [3.63, 3.8) is 0 Å². The molecule has 0 aromatic carbocycles. The predicted octanol–water partition coefficient (Wildman–Crippen LogP) is 2.71. The number of rotatable bonds is 4. The standard InChI is InChI=1S/C18H17F2N5O2/c1-9-5-10(2)24(15(26)6-9)23-18(27)12-8-21-25-14(16(19)20)7-13(11-3-4-11)22-17(12)25/h5-8,11,16H,3-4H2,1-2H3,(H,23,27). The van der Waals surface area contributed by atoms with Crippen LogP contribution < -0.4 is 11.0 Å². The molecule has 0 spiro atoms. The molecule has 9 heteroatoms. The zero-order valence-corrected chi connectivity index (χ0v) is 14.7. The SMILES string of the molecule is Cc1cc(C)n(NC(=O)c2cnn3c(C(F)F)cc(C4CC4)nc23)c(=O)c1. The Morgan fingerprint density at radius 3 is 2.63 bits per heavy atom. The monoisotopic (exact) mass is 373 g/mol. The van der Waals surface area contributed by atoms with E-state index in [2.05, 4.69) is 15.5 Å². The first-order valence-corrected chi connectivity index (χ1v) is 8.53. The van der Waals surface area contributed by atoms with Crippen LogP contribution >= 0.6 is 0 Å². The van der Waals surface area contributed by atoms with Gasteiger partial charge in [0.1, 0.15) is 11.3 Å². The first-order chi connectivity index (χ1) is 12.8. The fraction of sp³-hybridized carbons (Fsp3) is 0.333. The Kier molecular flexibility index (Phi) is 4.01. The average molecular weight is 373 g/mol. The lowest BCUT2D eigenvalue weighted by atomic mass is 10.2. The van der Waals surface area contributed by atoms with Crippen molar-refractivity contribution in [1.29, 1.82) is 0 Å². The molecule has 1 aliphatic carbocycles. The quantitative estimate of drug-likeness (QED) is 0.762. The molecular formula is C18H17F2N5O2. The zero-order chi connectivity index (χ0) is 19.3. The number of alkyl halides is 2. The normalized spacial score (nSPS) is 14.1. The van der Waals surface area contributed by atoms with Gasteiger partial charge in [-0.1, -0.05) is 0 Å². The van der Waals surface area contributed by atoms with Gasteiger partial charge in [-0.05, 0) is 44.4 Å². The molecule has 0 radical (unpaired) electrons. The molecule has 0 atom stereocenters. The van der Waals surface area contributed by atoms with E-state index in [1.165, 1.54) is 18.3 Å². The summed E-state index contributed by atoms with van der Waals surface area (Å²) in [6.07, 6.45) is 0.221. The first-order valence-electron chi connectivity index (χ1n) is 8.53. The molecule has 0 bridgehead atoms. The molecule has 4 rings (SSSR count). The highest BCUT2D eigenvalue weighted by molar-refractivity contribution is 6.04. The summed E-state index contributed by atoms with van der Waals surface area (Å²) in [5.74, 6) is -0.500. The number of nitrogens with one attached hydrogen (secondary N) is 1. The number of carbonyl (C=O) groups is 1. The Labute approximate surface area is 152 Å². The second-order valence-electron chi connectivity index (χ2n) is 6.76. The number of fused-ring (bicyclic) bond motifs is 1. The number of hydrogen-bond acceptors (Lipinski definition) is 4. The Bertz CT molecular complexity index is 1110. The highest BCUT2D eigenvalue weighted by atomic mass is 19.3. The van der Waals surface area contributed by atoms with Crippen LogP contribution in [-0.2, 0) is 0 Å². The van der Waals surface area contributed by atoms with E-state index in [-0.39, 0.29) is 22.8 Å². The molecule has 1 aliphatic rings. The third-order valence-electron chi connectivity index (χ3n) is 4.56. The molecule has 1 fully saturated rings. The van der Waals surface area contributed by atoms with Crippen molar-refractivity contribution in [3.8, 4) is 0 Å². The Morgan fingerprint density at radius 2 is 2.00 bits per heavy atom. The van der Waals surface area contributed by atoms with Gasteiger partial charge in [0.2, 0.25) is 0 Å². The number of amides is 1. The van der Waals surface area contributed by atoms with Crippen LogP contribution in [0.4, 0.5) is 8.78 Å². The van der Waals surface area contributed by atoms with E-state index < -0.39 is 17.9 Å². The van der Waals surface area contributed by atoms with Crippen molar-refractivity contribution < 1.29 is 13.6 Å². The Balaban J connectivity index is 1.78. The fourth-order valence-electron chi connectivity index (χ4n) is 3.08. The molecule has 0 aliphatic heterocycles. The second kappa shape index (κ2) is 6.26. The fourth-order valence-corrected chi connectivity index (χ4v) is 3.08. The van der Waals surface area contributed by atoms with Gasteiger partial charge < -0.3 is 0 Å². The van der Waals surface area contributed by atoms with Gasteiger partial charge in [-0.25, -0.2) is 23.0 Å². The van der Waals surface area contributed by atoms with Crippen molar-refractivity contribution in [2.75, 3.05) is 5.43 Å². The number of halogens is 2. The van der Waals surface area contributed by atoms with Crippen LogP contribution in [0.3, 0.4) is 0 Å². The van der Waals surface area contributed by atoms with E-state index in [1.807, 2.05) is 0 Å². The minimum absolute atomic E-state index is 0.0336. The van der Waals surface area contributed by atoms with E-state index in [9.17, 15) is 18.4 Å². The van der Waals surface area contributed by atoms with Crippen LogP contribution in [0.15, 0.2) is 29.2 Å². The molecular weight excluding hydrogens is 356 g/mol. The average Bonchev–Trinajstić information content (AvgIpc) is 3.36. The molecule has 1 saturated carbocycles. The van der Waals surface area contributed by atoms with E-state index in [4.69, 9.17) is 0 Å². The minimum atomic E-state index is -2.74. The van der Waals surface area contributed by atoms with E-state index in [0.717, 1.165) is 27.6 Å². The molecule has 27 heavy (non-hydrogen) atoms. The largest absolute Gasteiger partial charge is 0.280 e. The molecule has 0 unspecified atom stereocenters.